The summed E-state index contributed by atoms with van der Waals surface area (Å²) < 4.78 is 0.211. The van der Waals surface area contributed by atoms with Crippen LogP contribution in [0.15, 0.2) is 9.59 Å². The fourth-order valence-corrected chi connectivity index (χ4v) is 0.676. The van der Waals surface area contributed by atoms with Crippen LogP contribution in [0.2, 0.25) is 0 Å². The van der Waals surface area contributed by atoms with E-state index in [0.29, 0.717) is 0 Å². The Kier molecular flexibility index (Phi) is 5.00. The molecule has 0 aliphatic heterocycles. The Bertz CT molecular complexity index is 399. The molecule has 0 amide bonds. The van der Waals surface area contributed by atoms with Crippen LogP contribution in [0.25, 0.3) is 0 Å². The van der Waals surface area contributed by atoms with Gasteiger partial charge in [-0.3, -0.25) is 0 Å². The Balaban J connectivity index is 0.00000121. The van der Waals surface area contributed by atoms with E-state index in [1.54, 1.807) is 0 Å². The average molecular weight is 236 g/mol. The monoisotopic (exact) mass is 235 g/mol. The molecule has 0 spiro atoms. The van der Waals surface area contributed by atoms with Gasteiger partial charge in [-0.25, -0.2) is 9.59 Å². The summed E-state index contributed by atoms with van der Waals surface area (Å²) >= 11 is 10.1. The summed E-state index contributed by atoms with van der Waals surface area (Å²) in [5.41, 5.74) is -2.27. The van der Waals surface area contributed by atoms with Crippen LogP contribution < -0.4 is 67.9 Å². The maximum Gasteiger partial charge on any atom is 1.00 e. The normalized spacial score (nSPS) is 9.17. The predicted octanol–water partition coefficient (Wildman–Crippen LogP) is -4.51. The molecule has 0 unspecified atom stereocenters. The summed E-state index contributed by atoms with van der Waals surface area (Å²) in [5.74, 6) is 0. The number of halogens is 2. The molecule has 1 aromatic heterocycles. The Morgan fingerprint density at radius 3 is 2.25 bits per heavy atom. The molecular weight excluding hydrogens is 236 g/mol. The van der Waals surface area contributed by atoms with Gasteiger partial charge in [-0.1, -0.05) is 0 Å². The molecule has 6 nitrogen and oxygen atoms in total. The third-order valence-corrected chi connectivity index (χ3v) is 1.44. The molecular formula is C3Cl2KN3O3. The van der Waals surface area contributed by atoms with Crippen molar-refractivity contribution in [2.24, 2.45) is 0 Å². The van der Waals surface area contributed by atoms with Gasteiger partial charge in [0, 0.05) is 23.6 Å². The SMILES string of the molecule is O=c1nc([O-])n(Cl)c(=O)n1Cl.[K+]. The van der Waals surface area contributed by atoms with E-state index in [-0.39, 0.29) is 59.6 Å². The first kappa shape index (κ1) is 12.6. The number of hydrogen-bond acceptors (Lipinski definition) is 4. The predicted molar refractivity (Wildman–Crippen MR) is 34.7 cm³/mol. The van der Waals surface area contributed by atoms with Crippen molar-refractivity contribution in [1.29, 1.82) is 0 Å². The van der Waals surface area contributed by atoms with E-state index >= 15 is 0 Å². The molecule has 0 bridgehead atoms. The number of nitrogens with zero attached hydrogens (tertiary/aromatic N) is 3. The van der Waals surface area contributed by atoms with Gasteiger partial charge in [0.1, 0.15) is 0 Å². The largest absolute Gasteiger partial charge is 1.00 e. The molecule has 0 radical (unpaired) electrons. The molecule has 0 N–H and O–H groups in total. The minimum Gasteiger partial charge on any atom is -0.845 e. The molecule has 1 heterocycles. The molecule has 0 saturated heterocycles. The Hall–Kier alpha value is 0.626. The van der Waals surface area contributed by atoms with Crippen LogP contribution in [0.1, 0.15) is 0 Å². The minimum atomic E-state index is -1.14. The topological polar surface area (TPSA) is 79.9 Å². The van der Waals surface area contributed by atoms with Crippen molar-refractivity contribution in [1.82, 2.24) is 13.2 Å². The number of hydrogen-bond donors (Lipinski definition) is 0. The van der Waals surface area contributed by atoms with Crippen LogP contribution in [0.5, 0.6) is 6.01 Å². The summed E-state index contributed by atoms with van der Waals surface area (Å²) in [7, 11) is 0. The second kappa shape index (κ2) is 4.75. The van der Waals surface area contributed by atoms with Crippen LogP contribution in [0, 0.1) is 0 Å². The zero-order valence-corrected chi connectivity index (χ0v) is 10.5. The fraction of sp³-hybridized carbons (Fsp3) is 0. The van der Waals surface area contributed by atoms with Crippen molar-refractivity contribution in [3.05, 3.63) is 21.0 Å². The van der Waals surface area contributed by atoms with Gasteiger partial charge in [0.05, 0.1) is 6.01 Å². The van der Waals surface area contributed by atoms with Gasteiger partial charge in [0.25, 0.3) is 0 Å². The van der Waals surface area contributed by atoms with E-state index in [4.69, 9.17) is 23.6 Å². The molecule has 60 valence electrons. The van der Waals surface area contributed by atoms with E-state index in [0.717, 1.165) is 0 Å². The van der Waals surface area contributed by atoms with Crippen molar-refractivity contribution in [3.63, 3.8) is 0 Å². The second-order valence-corrected chi connectivity index (χ2v) is 2.20. The molecule has 0 aliphatic rings. The van der Waals surface area contributed by atoms with Gasteiger partial charge in [0.2, 0.25) is 0 Å². The summed E-state index contributed by atoms with van der Waals surface area (Å²) in [4.78, 5) is 23.9. The molecule has 0 aromatic carbocycles. The second-order valence-electron chi connectivity index (χ2n) is 1.52. The van der Waals surface area contributed by atoms with Crippen molar-refractivity contribution in [2.45, 2.75) is 0 Å². The van der Waals surface area contributed by atoms with Crippen molar-refractivity contribution in [3.8, 4) is 6.01 Å². The zero-order chi connectivity index (χ0) is 8.59. The maximum atomic E-state index is 10.6. The summed E-state index contributed by atoms with van der Waals surface area (Å²) in [6.07, 6.45) is 0. The molecule has 0 fully saturated rings. The molecule has 1 rings (SSSR count). The van der Waals surface area contributed by atoms with Crippen LogP contribution in [0.4, 0.5) is 0 Å². The van der Waals surface area contributed by atoms with Crippen molar-refractivity contribution in [2.75, 3.05) is 0 Å². The van der Waals surface area contributed by atoms with E-state index in [1.165, 1.54) is 0 Å². The molecule has 0 aliphatic carbocycles. The van der Waals surface area contributed by atoms with Gasteiger partial charge in [-0.2, -0.15) is 9.07 Å². The van der Waals surface area contributed by atoms with Crippen LogP contribution in [-0.2, 0) is 0 Å². The van der Waals surface area contributed by atoms with E-state index in [9.17, 15) is 14.7 Å². The smallest absolute Gasteiger partial charge is 0.845 e. The Morgan fingerprint density at radius 1 is 1.25 bits per heavy atom. The third kappa shape index (κ3) is 2.31. The number of rotatable bonds is 0. The standard InChI is InChI=1S/C3HCl2N3O3.K/c4-7-1(9)6-2(10)8(5)3(7)11;/h(H,6,9,10);/q;+1/p-1. The van der Waals surface area contributed by atoms with E-state index in [2.05, 4.69) is 4.98 Å². The fourth-order valence-electron chi connectivity index (χ4n) is 0.410. The number of aromatic nitrogens is 3. The quantitative estimate of drug-likeness (QED) is 0.425. The zero-order valence-electron chi connectivity index (χ0n) is 5.82. The van der Waals surface area contributed by atoms with E-state index in [1.807, 2.05) is 0 Å². The molecule has 9 heteroatoms. The first-order valence-corrected chi connectivity index (χ1v) is 2.97. The Morgan fingerprint density at radius 2 is 1.75 bits per heavy atom. The molecule has 0 atom stereocenters. The minimum absolute atomic E-state index is 0. The first-order valence-electron chi connectivity index (χ1n) is 2.29. The maximum absolute atomic E-state index is 10.6. The average Bonchev–Trinajstić information content (AvgIpc) is 1.97. The van der Waals surface area contributed by atoms with Crippen LogP contribution >= 0.6 is 23.6 Å². The van der Waals surface area contributed by atoms with Gasteiger partial charge >= 0.3 is 62.8 Å². The van der Waals surface area contributed by atoms with Gasteiger partial charge in [0.15, 0.2) is 0 Å². The van der Waals surface area contributed by atoms with Gasteiger partial charge in [-0.15, -0.1) is 4.09 Å². The first-order chi connectivity index (χ1) is 5.04. The molecule has 1 aromatic rings. The summed E-state index contributed by atoms with van der Waals surface area (Å²) in [6.45, 7) is 0. The summed E-state index contributed by atoms with van der Waals surface area (Å²) in [5, 5.41) is 10.5. The molecule has 12 heavy (non-hydrogen) atoms. The van der Waals surface area contributed by atoms with Crippen LogP contribution in [0.3, 0.4) is 0 Å². The van der Waals surface area contributed by atoms with Gasteiger partial charge < -0.3 is 5.11 Å². The van der Waals surface area contributed by atoms with Gasteiger partial charge in [-0.05, 0) is 0 Å². The van der Waals surface area contributed by atoms with Crippen LogP contribution in [-0.4, -0.2) is 13.2 Å². The van der Waals surface area contributed by atoms with Crippen molar-refractivity contribution >= 4 is 23.6 Å². The summed E-state index contributed by atoms with van der Waals surface area (Å²) in [6, 6.07) is -1.14. The Labute approximate surface area is 118 Å². The van der Waals surface area contributed by atoms with Crippen molar-refractivity contribution < 1.29 is 56.5 Å². The molecule has 0 saturated carbocycles. The van der Waals surface area contributed by atoms with E-state index < -0.39 is 17.4 Å². The third-order valence-electron chi connectivity index (χ3n) is 0.863.